The number of anilines is 1. The molecule has 2 atom stereocenters. The van der Waals surface area contributed by atoms with Gasteiger partial charge in [-0.05, 0) is 67.3 Å². The number of amides is 2. The SMILES string of the molecule is CC[C@H](OC(=O)N[C@@H](C)c1ccc(F)cc1)c1ccc(C(=O)Nc2ccccc2C)cc1. The van der Waals surface area contributed by atoms with E-state index in [4.69, 9.17) is 4.74 Å². The molecule has 0 heterocycles. The van der Waals surface area contributed by atoms with Gasteiger partial charge in [0.25, 0.3) is 5.91 Å². The predicted molar refractivity (Wildman–Crippen MR) is 123 cm³/mol. The van der Waals surface area contributed by atoms with Gasteiger partial charge in [0.2, 0.25) is 0 Å². The highest BCUT2D eigenvalue weighted by Crippen LogP contribution is 2.23. The molecule has 0 saturated carbocycles. The summed E-state index contributed by atoms with van der Waals surface area (Å²) in [6.45, 7) is 5.65. The summed E-state index contributed by atoms with van der Waals surface area (Å²) in [7, 11) is 0. The number of rotatable bonds is 7. The fraction of sp³-hybridized carbons (Fsp3) is 0.231. The van der Waals surface area contributed by atoms with Gasteiger partial charge in [0, 0.05) is 11.3 Å². The van der Waals surface area contributed by atoms with E-state index in [-0.39, 0.29) is 17.8 Å². The molecule has 0 aliphatic heterocycles. The average molecular weight is 435 g/mol. The van der Waals surface area contributed by atoms with Gasteiger partial charge in [-0.3, -0.25) is 4.79 Å². The second-order valence-corrected chi connectivity index (χ2v) is 7.61. The zero-order valence-corrected chi connectivity index (χ0v) is 18.4. The number of aryl methyl sites for hydroxylation is 1. The highest BCUT2D eigenvalue weighted by Gasteiger charge is 2.18. The molecule has 3 aromatic carbocycles. The second-order valence-electron chi connectivity index (χ2n) is 7.61. The van der Waals surface area contributed by atoms with Crippen molar-refractivity contribution in [1.29, 1.82) is 0 Å². The third-order valence-electron chi connectivity index (χ3n) is 5.26. The normalized spacial score (nSPS) is 12.5. The van der Waals surface area contributed by atoms with E-state index in [1.165, 1.54) is 12.1 Å². The molecule has 0 aromatic heterocycles. The number of carbonyl (C=O) groups excluding carboxylic acids is 2. The molecule has 2 amide bonds. The van der Waals surface area contributed by atoms with Gasteiger partial charge in [-0.1, -0.05) is 49.4 Å². The molecule has 0 aliphatic carbocycles. The third kappa shape index (κ3) is 5.94. The summed E-state index contributed by atoms with van der Waals surface area (Å²) in [4.78, 5) is 24.9. The van der Waals surface area contributed by atoms with Crippen LogP contribution in [0.4, 0.5) is 14.9 Å². The molecular weight excluding hydrogens is 407 g/mol. The molecule has 32 heavy (non-hydrogen) atoms. The van der Waals surface area contributed by atoms with Crippen molar-refractivity contribution in [3.05, 3.63) is 101 Å². The summed E-state index contributed by atoms with van der Waals surface area (Å²) in [5.74, 6) is -0.531. The van der Waals surface area contributed by atoms with Crippen LogP contribution in [-0.2, 0) is 4.74 Å². The van der Waals surface area contributed by atoms with Gasteiger partial charge in [0.05, 0.1) is 6.04 Å². The maximum atomic E-state index is 13.1. The lowest BCUT2D eigenvalue weighted by Crippen LogP contribution is -2.28. The Hall–Kier alpha value is -3.67. The van der Waals surface area contributed by atoms with Crippen molar-refractivity contribution in [2.45, 2.75) is 39.3 Å². The van der Waals surface area contributed by atoms with Gasteiger partial charge in [0.1, 0.15) is 11.9 Å². The van der Waals surface area contributed by atoms with Crippen LogP contribution in [0.25, 0.3) is 0 Å². The molecule has 3 aromatic rings. The predicted octanol–water partition coefficient (Wildman–Crippen LogP) is 6.32. The van der Waals surface area contributed by atoms with E-state index >= 15 is 0 Å². The third-order valence-corrected chi connectivity index (χ3v) is 5.26. The quantitative estimate of drug-likeness (QED) is 0.457. The summed E-state index contributed by atoms with van der Waals surface area (Å²) in [5.41, 5.74) is 3.84. The van der Waals surface area contributed by atoms with Crippen molar-refractivity contribution < 1.29 is 18.7 Å². The van der Waals surface area contributed by atoms with Crippen molar-refractivity contribution in [2.75, 3.05) is 5.32 Å². The number of carbonyl (C=O) groups is 2. The van der Waals surface area contributed by atoms with Crippen molar-refractivity contribution in [2.24, 2.45) is 0 Å². The Morgan fingerprint density at radius 1 is 0.938 bits per heavy atom. The molecule has 0 saturated heterocycles. The molecule has 3 rings (SSSR count). The van der Waals surface area contributed by atoms with Gasteiger partial charge in [-0.2, -0.15) is 0 Å². The monoisotopic (exact) mass is 434 g/mol. The van der Waals surface area contributed by atoms with E-state index in [9.17, 15) is 14.0 Å². The van der Waals surface area contributed by atoms with Crippen molar-refractivity contribution >= 4 is 17.7 Å². The standard InChI is InChI=1S/C26H27FN2O3/c1-4-24(32-26(31)28-18(3)19-13-15-22(27)16-14-19)20-9-11-21(12-10-20)25(30)29-23-8-6-5-7-17(23)2/h5-16,18,24H,4H2,1-3H3,(H,28,31)(H,29,30)/t18-,24-/m0/s1. The molecule has 0 aliphatic rings. The van der Waals surface area contributed by atoms with Crippen LogP contribution in [0.2, 0.25) is 0 Å². The number of ether oxygens (including phenoxy) is 1. The number of hydrogen-bond acceptors (Lipinski definition) is 3. The van der Waals surface area contributed by atoms with Gasteiger partial charge >= 0.3 is 6.09 Å². The summed E-state index contributed by atoms with van der Waals surface area (Å²) in [6, 6.07) is 20.2. The van der Waals surface area contributed by atoms with Crippen LogP contribution in [0.3, 0.4) is 0 Å². The van der Waals surface area contributed by atoms with Gasteiger partial charge in [-0.15, -0.1) is 0 Å². The van der Waals surface area contributed by atoms with Crippen LogP contribution < -0.4 is 10.6 Å². The van der Waals surface area contributed by atoms with Gasteiger partial charge < -0.3 is 15.4 Å². The lowest BCUT2D eigenvalue weighted by molar-refractivity contribution is 0.0924. The van der Waals surface area contributed by atoms with E-state index in [0.717, 1.165) is 22.4 Å². The molecule has 166 valence electrons. The highest BCUT2D eigenvalue weighted by molar-refractivity contribution is 6.04. The van der Waals surface area contributed by atoms with E-state index in [2.05, 4.69) is 10.6 Å². The van der Waals surface area contributed by atoms with Crippen molar-refractivity contribution in [1.82, 2.24) is 5.32 Å². The topological polar surface area (TPSA) is 67.4 Å². The van der Waals surface area contributed by atoms with E-state index in [1.807, 2.05) is 38.1 Å². The summed E-state index contributed by atoms with van der Waals surface area (Å²) < 4.78 is 18.7. The number of nitrogens with one attached hydrogen (secondary N) is 2. The first kappa shape index (κ1) is 23.0. The molecule has 2 N–H and O–H groups in total. The Labute approximate surface area is 187 Å². The number of hydrogen-bond donors (Lipinski definition) is 2. The molecular formula is C26H27FN2O3. The first-order valence-electron chi connectivity index (χ1n) is 10.6. The minimum atomic E-state index is -0.560. The average Bonchev–Trinajstić information content (AvgIpc) is 2.79. The first-order chi connectivity index (χ1) is 15.4. The van der Waals surface area contributed by atoms with E-state index < -0.39 is 12.2 Å². The van der Waals surface area contributed by atoms with Gasteiger partial charge in [-0.25, -0.2) is 9.18 Å². The molecule has 5 nitrogen and oxygen atoms in total. The summed E-state index contributed by atoms with van der Waals surface area (Å²) in [6.07, 6.45) is -0.438. The molecule has 0 radical (unpaired) electrons. The zero-order chi connectivity index (χ0) is 23.1. The number of alkyl carbamates (subject to hydrolysis) is 1. The summed E-state index contributed by atoms with van der Waals surface area (Å²) in [5, 5.41) is 5.67. The van der Waals surface area contributed by atoms with E-state index in [1.54, 1.807) is 43.3 Å². The van der Waals surface area contributed by atoms with Crippen LogP contribution in [-0.4, -0.2) is 12.0 Å². The maximum absolute atomic E-state index is 13.1. The number of benzene rings is 3. The highest BCUT2D eigenvalue weighted by atomic mass is 19.1. The van der Waals surface area contributed by atoms with Crippen molar-refractivity contribution in [3.8, 4) is 0 Å². The molecule has 0 fully saturated rings. The maximum Gasteiger partial charge on any atom is 0.408 e. The Bertz CT molecular complexity index is 1070. The fourth-order valence-electron chi connectivity index (χ4n) is 3.32. The van der Waals surface area contributed by atoms with Gasteiger partial charge in [0.15, 0.2) is 0 Å². The molecule has 0 bridgehead atoms. The number of para-hydroxylation sites is 1. The molecule has 6 heteroatoms. The Morgan fingerprint density at radius 2 is 1.56 bits per heavy atom. The molecule has 0 spiro atoms. The lowest BCUT2D eigenvalue weighted by Gasteiger charge is -2.20. The second kappa shape index (κ2) is 10.6. The minimum absolute atomic E-state index is 0.203. The number of halogens is 1. The van der Waals surface area contributed by atoms with Crippen molar-refractivity contribution in [3.63, 3.8) is 0 Å². The Balaban J connectivity index is 1.60. The van der Waals surface area contributed by atoms with Crippen LogP contribution in [0, 0.1) is 12.7 Å². The zero-order valence-electron chi connectivity index (χ0n) is 18.4. The fourth-order valence-corrected chi connectivity index (χ4v) is 3.32. The largest absolute Gasteiger partial charge is 0.441 e. The Morgan fingerprint density at radius 3 is 2.19 bits per heavy atom. The summed E-state index contributed by atoms with van der Waals surface area (Å²) >= 11 is 0. The molecule has 0 unspecified atom stereocenters. The van der Waals surface area contributed by atoms with E-state index in [0.29, 0.717) is 12.0 Å². The van der Waals surface area contributed by atoms with Crippen LogP contribution in [0.5, 0.6) is 0 Å². The minimum Gasteiger partial charge on any atom is -0.441 e. The van der Waals surface area contributed by atoms with Crippen LogP contribution in [0.15, 0.2) is 72.8 Å². The first-order valence-corrected chi connectivity index (χ1v) is 10.6. The smallest absolute Gasteiger partial charge is 0.408 e. The Kier molecular flexibility index (Phi) is 7.60. The van der Waals surface area contributed by atoms with Crippen LogP contribution >= 0.6 is 0 Å². The van der Waals surface area contributed by atoms with Crippen LogP contribution in [0.1, 0.15) is 59.5 Å². The lowest BCUT2D eigenvalue weighted by atomic mass is 10.0.